The highest BCUT2D eigenvalue weighted by Gasteiger charge is 2.11. The Bertz CT molecular complexity index is 590. The van der Waals surface area contributed by atoms with Crippen LogP contribution < -0.4 is 5.43 Å². The smallest absolute Gasteiger partial charge is 0.266 e. The third-order valence-corrected chi connectivity index (χ3v) is 2.50. The first-order valence-corrected chi connectivity index (χ1v) is 5.87. The van der Waals surface area contributed by atoms with Crippen LogP contribution in [0.5, 0.6) is 0 Å². The number of aromatic amines is 1. The van der Waals surface area contributed by atoms with Crippen molar-refractivity contribution in [3.05, 3.63) is 34.9 Å². The van der Waals surface area contributed by atoms with Gasteiger partial charge in [0.25, 0.3) is 5.91 Å². The lowest BCUT2D eigenvalue weighted by Crippen LogP contribution is -2.25. The van der Waals surface area contributed by atoms with Crippen molar-refractivity contribution in [3.8, 4) is 0 Å². The van der Waals surface area contributed by atoms with E-state index in [0.29, 0.717) is 17.0 Å². The van der Waals surface area contributed by atoms with Gasteiger partial charge in [0.1, 0.15) is 5.69 Å². The molecule has 0 aliphatic heterocycles. The van der Waals surface area contributed by atoms with Crippen LogP contribution in [0.1, 0.15) is 29.7 Å². The second-order valence-electron chi connectivity index (χ2n) is 3.56. The van der Waals surface area contributed by atoms with E-state index < -0.39 is 0 Å². The molecule has 0 aromatic carbocycles. The van der Waals surface area contributed by atoms with E-state index in [-0.39, 0.29) is 11.6 Å². The molecule has 8 heteroatoms. The largest absolute Gasteiger partial charge is 0.290 e. The van der Waals surface area contributed by atoms with Crippen molar-refractivity contribution in [2.75, 3.05) is 5.43 Å². The van der Waals surface area contributed by atoms with Crippen LogP contribution in [0.25, 0.3) is 0 Å². The Morgan fingerprint density at radius 2 is 2.39 bits per heavy atom. The van der Waals surface area contributed by atoms with E-state index in [1.807, 2.05) is 6.92 Å². The number of nitrogens with zero attached hydrogens (tertiary/aromatic N) is 4. The molecule has 2 aromatic heterocycles. The summed E-state index contributed by atoms with van der Waals surface area (Å²) in [7, 11) is 0. The summed E-state index contributed by atoms with van der Waals surface area (Å²) in [4.78, 5) is 19.6. The standard InChI is InChI=1S/C10H12N6OS/c1-2-3-8-13-14-10(18)16(8)15-9(17)7-6-11-4-5-12-7/h4-6H,2-3H2,1H3,(H,14,18)(H,15,17). The van der Waals surface area contributed by atoms with Gasteiger partial charge in [0.15, 0.2) is 5.82 Å². The molecular weight excluding hydrogens is 252 g/mol. The minimum atomic E-state index is -0.377. The molecule has 94 valence electrons. The number of H-pyrrole nitrogens is 1. The van der Waals surface area contributed by atoms with Crippen LogP contribution >= 0.6 is 12.2 Å². The highest BCUT2D eigenvalue weighted by molar-refractivity contribution is 7.71. The number of nitrogens with one attached hydrogen (secondary N) is 2. The summed E-state index contributed by atoms with van der Waals surface area (Å²) in [6.45, 7) is 2.02. The van der Waals surface area contributed by atoms with E-state index in [2.05, 4.69) is 25.6 Å². The van der Waals surface area contributed by atoms with Gasteiger partial charge in [-0.3, -0.25) is 20.3 Å². The Hall–Kier alpha value is -2.09. The van der Waals surface area contributed by atoms with Crippen molar-refractivity contribution in [3.63, 3.8) is 0 Å². The number of carbonyl (C=O) groups excluding carboxylic acids is 1. The molecule has 0 fully saturated rings. The van der Waals surface area contributed by atoms with Gasteiger partial charge >= 0.3 is 0 Å². The fourth-order valence-electron chi connectivity index (χ4n) is 1.41. The molecule has 0 saturated carbocycles. The molecule has 1 amide bonds. The van der Waals surface area contributed by atoms with Gasteiger partial charge < -0.3 is 0 Å². The Morgan fingerprint density at radius 3 is 3.06 bits per heavy atom. The number of carbonyl (C=O) groups is 1. The maximum atomic E-state index is 11.9. The van der Waals surface area contributed by atoms with Crippen LogP contribution in [-0.2, 0) is 6.42 Å². The fourth-order valence-corrected chi connectivity index (χ4v) is 1.61. The van der Waals surface area contributed by atoms with E-state index in [1.54, 1.807) is 0 Å². The van der Waals surface area contributed by atoms with Crippen molar-refractivity contribution >= 4 is 18.1 Å². The Morgan fingerprint density at radius 1 is 1.56 bits per heavy atom. The average molecular weight is 264 g/mol. The summed E-state index contributed by atoms with van der Waals surface area (Å²) < 4.78 is 1.80. The van der Waals surface area contributed by atoms with E-state index in [1.165, 1.54) is 23.3 Å². The van der Waals surface area contributed by atoms with Crippen molar-refractivity contribution in [1.29, 1.82) is 0 Å². The number of aromatic nitrogens is 5. The van der Waals surface area contributed by atoms with Crippen LogP contribution in [0.2, 0.25) is 0 Å². The summed E-state index contributed by atoms with van der Waals surface area (Å²) in [6.07, 6.45) is 5.96. The summed E-state index contributed by atoms with van der Waals surface area (Å²) in [5, 5.41) is 6.69. The summed E-state index contributed by atoms with van der Waals surface area (Å²) >= 11 is 5.05. The zero-order valence-corrected chi connectivity index (χ0v) is 10.6. The van der Waals surface area contributed by atoms with Gasteiger partial charge in [0.05, 0.1) is 6.20 Å². The minimum absolute atomic E-state index is 0.225. The second kappa shape index (κ2) is 5.50. The lowest BCUT2D eigenvalue weighted by molar-refractivity contribution is 0.100. The maximum Gasteiger partial charge on any atom is 0.290 e. The zero-order chi connectivity index (χ0) is 13.0. The molecule has 0 unspecified atom stereocenters. The van der Waals surface area contributed by atoms with E-state index in [0.717, 1.165) is 6.42 Å². The number of amides is 1. The monoisotopic (exact) mass is 264 g/mol. The van der Waals surface area contributed by atoms with Crippen LogP contribution in [0, 0.1) is 4.77 Å². The molecule has 0 spiro atoms. The summed E-state index contributed by atoms with van der Waals surface area (Å²) in [5.41, 5.74) is 2.86. The molecule has 0 atom stereocenters. The van der Waals surface area contributed by atoms with Crippen molar-refractivity contribution < 1.29 is 4.79 Å². The molecule has 18 heavy (non-hydrogen) atoms. The number of hydrogen-bond donors (Lipinski definition) is 2. The third kappa shape index (κ3) is 2.59. The Balaban J connectivity index is 2.22. The van der Waals surface area contributed by atoms with Gasteiger partial charge in [-0.2, -0.15) is 5.10 Å². The first-order chi connectivity index (χ1) is 8.72. The number of rotatable bonds is 4. The topological polar surface area (TPSA) is 88.5 Å². The Kier molecular flexibility index (Phi) is 3.78. The van der Waals surface area contributed by atoms with Gasteiger partial charge in [0, 0.05) is 18.8 Å². The average Bonchev–Trinajstić information content (AvgIpc) is 2.73. The maximum absolute atomic E-state index is 11.9. The lowest BCUT2D eigenvalue weighted by atomic mass is 10.3. The van der Waals surface area contributed by atoms with Gasteiger partial charge in [0.2, 0.25) is 4.77 Å². The quantitative estimate of drug-likeness (QED) is 0.806. The zero-order valence-electron chi connectivity index (χ0n) is 9.75. The molecular formula is C10H12N6OS. The molecule has 7 nitrogen and oxygen atoms in total. The lowest BCUT2D eigenvalue weighted by Gasteiger charge is -2.07. The minimum Gasteiger partial charge on any atom is -0.266 e. The van der Waals surface area contributed by atoms with Gasteiger partial charge in [-0.1, -0.05) is 6.92 Å². The van der Waals surface area contributed by atoms with Crippen LogP contribution in [0.4, 0.5) is 0 Å². The highest BCUT2D eigenvalue weighted by atomic mass is 32.1. The molecule has 2 rings (SSSR count). The van der Waals surface area contributed by atoms with Gasteiger partial charge in [-0.25, -0.2) is 9.66 Å². The molecule has 2 N–H and O–H groups in total. The molecule has 0 saturated heterocycles. The van der Waals surface area contributed by atoms with E-state index in [4.69, 9.17) is 12.2 Å². The molecule has 2 aromatic rings. The van der Waals surface area contributed by atoms with Crippen molar-refractivity contribution in [2.24, 2.45) is 0 Å². The molecule has 0 radical (unpaired) electrons. The Labute approximate surface area is 108 Å². The second-order valence-corrected chi connectivity index (χ2v) is 3.95. The van der Waals surface area contributed by atoms with E-state index in [9.17, 15) is 4.79 Å². The predicted octanol–water partition coefficient (Wildman–Crippen LogP) is 1.07. The first kappa shape index (κ1) is 12.4. The molecule has 0 aliphatic rings. The SMILES string of the molecule is CCCc1n[nH]c(=S)n1NC(=O)c1cnccn1. The summed E-state index contributed by atoms with van der Waals surface area (Å²) in [6, 6.07) is 0. The van der Waals surface area contributed by atoms with E-state index >= 15 is 0 Å². The molecule has 0 bridgehead atoms. The van der Waals surface area contributed by atoms with Crippen LogP contribution in [0.15, 0.2) is 18.6 Å². The van der Waals surface area contributed by atoms with Gasteiger partial charge in [-0.05, 0) is 18.6 Å². The van der Waals surface area contributed by atoms with Gasteiger partial charge in [-0.15, -0.1) is 0 Å². The normalized spacial score (nSPS) is 10.3. The van der Waals surface area contributed by atoms with Crippen molar-refractivity contribution in [2.45, 2.75) is 19.8 Å². The van der Waals surface area contributed by atoms with Crippen LogP contribution in [-0.4, -0.2) is 30.7 Å². The number of hydrogen-bond acceptors (Lipinski definition) is 5. The third-order valence-electron chi connectivity index (χ3n) is 2.22. The number of aryl methyl sites for hydroxylation is 1. The predicted molar refractivity (Wildman–Crippen MR) is 67.1 cm³/mol. The van der Waals surface area contributed by atoms with Crippen molar-refractivity contribution in [1.82, 2.24) is 24.8 Å². The molecule has 2 heterocycles. The first-order valence-electron chi connectivity index (χ1n) is 5.46. The fraction of sp³-hybridized carbons (Fsp3) is 0.300. The van der Waals surface area contributed by atoms with Crippen LogP contribution in [0.3, 0.4) is 0 Å². The summed E-state index contributed by atoms with van der Waals surface area (Å²) in [5.74, 6) is 0.303. The highest BCUT2D eigenvalue weighted by Crippen LogP contribution is 2.00. The molecule has 0 aliphatic carbocycles.